The number of hydrogen-bond acceptors (Lipinski definition) is 9. The first-order valence-corrected chi connectivity index (χ1v) is 14.2. The highest BCUT2D eigenvalue weighted by Crippen LogP contribution is 2.31. The minimum Gasteiger partial charge on any atom is -0.369 e. The molecule has 0 amide bonds. The van der Waals surface area contributed by atoms with Crippen LogP contribution < -0.4 is 16.4 Å². The van der Waals surface area contributed by atoms with Crippen molar-refractivity contribution >= 4 is 61.1 Å². The molecular weight excluding hydrogens is 556 g/mol. The fourth-order valence-corrected chi connectivity index (χ4v) is 4.58. The lowest BCUT2D eigenvalue weighted by molar-refractivity contribution is 0.484. The van der Waals surface area contributed by atoms with Crippen molar-refractivity contribution in [3.05, 3.63) is 57.6 Å². The van der Waals surface area contributed by atoms with Gasteiger partial charge < -0.3 is 11.5 Å². The lowest BCUT2D eigenvalue weighted by atomic mass is 10.0. The van der Waals surface area contributed by atoms with Crippen LogP contribution in [0.25, 0.3) is 0 Å². The molecule has 0 unspecified atom stereocenters. The van der Waals surface area contributed by atoms with Gasteiger partial charge in [-0.2, -0.15) is 21.8 Å². The third kappa shape index (κ3) is 8.03. The Bertz CT molecular complexity index is 1410. The Hall–Kier alpha value is -2.45. The van der Waals surface area contributed by atoms with Crippen molar-refractivity contribution in [1.82, 2.24) is 0 Å². The van der Waals surface area contributed by atoms with Crippen LogP contribution in [-0.4, -0.2) is 44.7 Å². The number of nitrogens with two attached hydrogens (primary N) is 2. The second-order valence-electron chi connectivity index (χ2n) is 8.12. The molecule has 3 rings (SSSR count). The highest BCUT2D eigenvalue weighted by Gasteiger charge is 2.33. The summed E-state index contributed by atoms with van der Waals surface area (Å²) in [6, 6.07) is 9.61. The van der Waals surface area contributed by atoms with E-state index in [0.29, 0.717) is 23.6 Å². The number of halogens is 3. The fourth-order valence-electron chi connectivity index (χ4n) is 3.31. The van der Waals surface area contributed by atoms with Gasteiger partial charge >= 0.3 is 10.2 Å². The van der Waals surface area contributed by atoms with Crippen LogP contribution >= 0.6 is 23.2 Å². The Morgan fingerprint density at radius 1 is 1.03 bits per heavy atom. The Labute approximate surface area is 219 Å². The summed E-state index contributed by atoms with van der Waals surface area (Å²) in [5.41, 5.74) is 13.4. The molecule has 198 valence electrons. The lowest BCUT2D eigenvalue weighted by Crippen LogP contribution is -2.54. The topological polar surface area (TPSA) is 169 Å². The van der Waals surface area contributed by atoms with Crippen molar-refractivity contribution in [2.24, 2.45) is 21.5 Å². The average molecular weight is 583 g/mol. The second kappa shape index (κ2) is 11.3. The summed E-state index contributed by atoms with van der Waals surface area (Å²) >= 11 is 12.4. The molecule has 0 spiro atoms. The van der Waals surface area contributed by atoms with Gasteiger partial charge in [0.05, 0.1) is 10.8 Å². The predicted molar refractivity (Wildman–Crippen MR) is 140 cm³/mol. The van der Waals surface area contributed by atoms with E-state index in [1.807, 2.05) is 26.0 Å². The number of hydrogen-bond donors (Lipinski definition) is 3. The summed E-state index contributed by atoms with van der Waals surface area (Å²) in [4.78, 5) is 9.52. The van der Waals surface area contributed by atoms with E-state index in [1.54, 1.807) is 11.0 Å². The van der Waals surface area contributed by atoms with Gasteiger partial charge in [0, 0.05) is 10.7 Å². The monoisotopic (exact) mass is 581 g/mol. The maximum absolute atomic E-state index is 13.1. The summed E-state index contributed by atoms with van der Waals surface area (Å²) in [5.74, 6) is 0.128. The number of aliphatic imine (C=N–C) groups is 2. The van der Waals surface area contributed by atoms with Crippen LogP contribution in [0.5, 0.6) is 0 Å². The lowest BCUT2D eigenvalue weighted by Gasteiger charge is -2.38. The van der Waals surface area contributed by atoms with Gasteiger partial charge in [0.1, 0.15) is 10.6 Å². The SMILES string of the molecule is CC1(C)N=C(N)N=C(N)N1c1ccc(CCc2ccc(S(=O)(=O)F)c(Cl)c2)c(Cl)c1.CCS(=O)(=O)O. The van der Waals surface area contributed by atoms with E-state index in [0.717, 1.165) is 17.2 Å². The van der Waals surface area contributed by atoms with Crippen molar-refractivity contribution in [1.29, 1.82) is 0 Å². The van der Waals surface area contributed by atoms with Crippen LogP contribution in [0.3, 0.4) is 0 Å². The van der Waals surface area contributed by atoms with Crippen molar-refractivity contribution in [2.45, 2.75) is 44.2 Å². The van der Waals surface area contributed by atoms with Gasteiger partial charge in [-0.1, -0.05) is 35.3 Å². The quantitative estimate of drug-likeness (QED) is 0.343. The fraction of sp³-hybridized carbons (Fsp3) is 0.333. The molecular formula is C21H26Cl2FN5O5S2. The maximum Gasteiger partial charge on any atom is 0.333 e. The second-order valence-corrected chi connectivity index (χ2v) is 12.0. The largest absolute Gasteiger partial charge is 0.369 e. The van der Waals surface area contributed by atoms with Gasteiger partial charge in [0.2, 0.25) is 11.9 Å². The van der Waals surface area contributed by atoms with Gasteiger partial charge in [-0.25, -0.2) is 4.99 Å². The number of aryl methyl sites for hydroxylation is 2. The van der Waals surface area contributed by atoms with Gasteiger partial charge in [-0.3, -0.25) is 9.45 Å². The summed E-state index contributed by atoms with van der Waals surface area (Å²) < 4.78 is 62.1. The first kappa shape index (κ1) is 29.8. The Balaban J connectivity index is 0.000000678. The van der Waals surface area contributed by atoms with Gasteiger partial charge in [0.15, 0.2) is 0 Å². The predicted octanol–water partition coefficient (Wildman–Crippen LogP) is 3.52. The third-order valence-electron chi connectivity index (χ3n) is 5.00. The molecule has 36 heavy (non-hydrogen) atoms. The van der Waals surface area contributed by atoms with Crippen molar-refractivity contribution < 1.29 is 25.3 Å². The Morgan fingerprint density at radius 2 is 1.64 bits per heavy atom. The smallest absolute Gasteiger partial charge is 0.333 e. The van der Waals surface area contributed by atoms with Crippen molar-refractivity contribution in [3.8, 4) is 0 Å². The van der Waals surface area contributed by atoms with E-state index < -0.39 is 30.9 Å². The summed E-state index contributed by atoms with van der Waals surface area (Å²) in [6.45, 7) is 5.08. The van der Waals surface area contributed by atoms with E-state index in [9.17, 15) is 20.7 Å². The Morgan fingerprint density at radius 3 is 2.11 bits per heavy atom. The van der Waals surface area contributed by atoms with Gasteiger partial charge in [-0.05, 0) is 69.0 Å². The zero-order chi connectivity index (χ0) is 27.5. The maximum atomic E-state index is 13.1. The summed E-state index contributed by atoms with van der Waals surface area (Å²) in [7, 11) is -8.51. The zero-order valence-electron chi connectivity index (χ0n) is 19.6. The van der Waals surface area contributed by atoms with Crippen LogP contribution in [0.4, 0.5) is 9.57 Å². The van der Waals surface area contributed by atoms with E-state index in [1.165, 1.54) is 19.1 Å². The molecule has 2 aromatic carbocycles. The molecule has 0 aromatic heterocycles. The standard InChI is InChI=1S/C19H20Cl2FN5O2S.C2H6O3S/c1-19(2)26-17(23)25-18(24)27(19)13-7-6-12(14(20)10-13)5-3-11-4-8-16(15(21)9-11)30(22,28)29;1-2-6(3,4)5/h4,6-10H,3,5H2,1-2H3,(H4,23,24,25,26);2H2,1H3,(H,3,4,5). The molecule has 1 aliphatic rings. The van der Waals surface area contributed by atoms with Crippen molar-refractivity contribution in [3.63, 3.8) is 0 Å². The average Bonchev–Trinajstić information content (AvgIpc) is 2.70. The molecule has 2 aromatic rings. The summed E-state index contributed by atoms with van der Waals surface area (Å²) in [5, 5.41) is 0.367. The van der Waals surface area contributed by atoms with Crippen LogP contribution in [0.2, 0.25) is 10.0 Å². The number of benzene rings is 2. The first-order valence-electron chi connectivity index (χ1n) is 10.4. The van der Waals surface area contributed by atoms with E-state index in [4.69, 9.17) is 39.2 Å². The van der Waals surface area contributed by atoms with Crippen LogP contribution in [-0.2, 0) is 33.2 Å². The molecule has 0 saturated heterocycles. The summed E-state index contributed by atoms with van der Waals surface area (Å²) in [6.07, 6.45) is 1.10. The number of nitrogens with zero attached hydrogens (tertiary/aromatic N) is 3. The van der Waals surface area contributed by atoms with E-state index in [2.05, 4.69) is 9.98 Å². The molecule has 1 heterocycles. The van der Waals surface area contributed by atoms with Crippen LogP contribution in [0.15, 0.2) is 51.3 Å². The molecule has 15 heteroatoms. The highest BCUT2D eigenvalue weighted by molar-refractivity contribution is 7.86. The molecule has 5 N–H and O–H groups in total. The minimum absolute atomic E-state index is 0.113. The number of guanidine groups is 2. The Kier molecular flexibility index (Phi) is 9.35. The van der Waals surface area contributed by atoms with Crippen LogP contribution in [0, 0.1) is 0 Å². The molecule has 10 nitrogen and oxygen atoms in total. The molecule has 0 aliphatic carbocycles. The van der Waals surface area contributed by atoms with Gasteiger partial charge in [0.25, 0.3) is 10.1 Å². The highest BCUT2D eigenvalue weighted by atomic mass is 35.5. The van der Waals surface area contributed by atoms with Crippen molar-refractivity contribution in [2.75, 3.05) is 10.7 Å². The molecule has 0 bridgehead atoms. The molecule has 0 atom stereocenters. The van der Waals surface area contributed by atoms with Gasteiger partial charge in [-0.15, -0.1) is 3.89 Å². The number of anilines is 1. The molecule has 0 radical (unpaired) electrons. The number of rotatable bonds is 6. The molecule has 1 aliphatic heterocycles. The van der Waals surface area contributed by atoms with Crippen LogP contribution in [0.1, 0.15) is 31.9 Å². The zero-order valence-corrected chi connectivity index (χ0v) is 22.8. The van der Waals surface area contributed by atoms with E-state index >= 15 is 0 Å². The minimum atomic E-state index is -4.85. The first-order chi connectivity index (χ1) is 16.4. The molecule has 0 saturated carbocycles. The normalized spacial score (nSPS) is 15.5. The molecule has 0 fully saturated rings. The van der Waals surface area contributed by atoms with E-state index in [-0.39, 0.29) is 22.7 Å². The third-order valence-corrected chi connectivity index (χ3v) is 7.38.